The number of nitrogens with zero attached hydrogens (tertiary/aromatic N) is 3. The van der Waals surface area contributed by atoms with Crippen molar-refractivity contribution in [3.05, 3.63) is 35.7 Å². The smallest absolute Gasteiger partial charge is 0.209 e. The minimum absolute atomic E-state index is 0.482. The normalized spacial score (nSPS) is 25.2. The van der Waals surface area contributed by atoms with Gasteiger partial charge in [-0.3, -0.25) is 14.8 Å². The second kappa shape index (κ2) is 3.51. The molecule has 1 aliphatic carbocycles. The van der Waals surface area contributed by atoms with Crippen LogP contribution < -0.4 is 0 Å². The van der Waals surface area contributed by atoms with Crippen molar-refractivity contribution in [2.24, 2.45) is 0 Å². The van der Waals surface area contributed by atoms with E-state index in [1.807, 2.05) is 4.90 Å². The quantitative estimate of drug-likeness (QED) is 0.711. The number of aromatic nitrogens is 2. The van der Waals surface area contributed by atoms with E-state index in [1.165, 1.54) is 11.1 Å². The van der Waals surface area contributed by atoms with E-state index in [0.29, 0.717) is 11.8 Å². The average molecular weight is 239 g/mol. The zero-order valence-corrected chi connectivity index (χ0v) is 9.91. The maximum absolute atomic E-state index is 11.0. The summed E-state index contributed by atoms with van der Waals surface area (Å²) in [6.07, 6.45) is 5.60. The van der Waals surface area contributed by atoms with Crippen molar-refractivity contribution in [1.29, 1.82) is 0 Å². The van der Waals surface area contributed by atoms with Gasteiger partial charge in [-0.2, -0.15) is 0 Å². The first-order valence-corrected chi connectivity index (χ1v) is 6.29. The van der Waals surface area contributed by atoms with E-state index < -0.39 is 0 Å². The lowest BCUT2D eigenvalue weighted by molar-refractivity contribution is -0.119. The van der Waals surface area contributed by atoms with Crippen LogP contribution in [0.5, 0.6) is 0 Å². The topological polar surface area (TPSA) is 46.1 Å². The van der Waals surface area contributed by atoms with E-state index in [4.69, 9.17) is 0 Å². The van der Waals surface area contributed by atoms with Crippen molar-refractivity contribution >= 4 is 17.4 Å². The first-order chi connectivity index (χ1) is 8.85. The molecule has 1 aromatic heterocycles. The molecular weight excluding hydrogens is 226 g/mol. The van der Waals surface area contributed by atoms with Crippen LogP contribution >= 0.6 is 0 Å². The van der Waals surface area contributed by atoms with Gasteiger partial charge in [0.1, 0.15) is 0 Å². The molecule has 1 fully saturated rings. The maximum atomic E-state index is 11.0. The third-order valence-electron chi connectivity index (χ3n) is 4.18. The Morgan fingerprint density at radius 1 is 1.06 bits per heavy atom. The fraction of sp³-hybridized carbons (Fsp3) is 0.357. The van der Waals surface area contributed by atoms with Gasteiger partial charge in [0.25, 0.3) is 0 Å². The zero-order valence-electron chi connectivity index (χ0n) is 9.91. The molecule has 2 bridgehead atoms. The van der Waals surface area contributed by atoms with Crippen molar-refractivity contribution in [3.63, 3.8) is 0 Å². The van der Waals surface area contributed by atoms with Gasteiger partial charge in [-0.1, -0.05) is 0 Å². The summed E-state index contributed by atoms with van der Waals surface area (Å²) < 4.78 is 0. The SMILES string of the molecule is O=CN1C[C@H]2C[C@@H](C1)c1cc3nccnc3cc12. The Labute approximate surface area is 105 Å². The molecule has 1 saturated heterocycles. The number of carbonyl (C=O) groups is 1. The molecule has 90 valence electrons. The Morgan fingerprint density at radius 3 is 2.11 bits per heavy atom. The highest BCUT2D eigenvalue weighted by atomic mass is 16.1. The molecule has 0 N–H and O–H groups in total. The fourth-order valence-corrected chi connectivity index (χ4v) is 3.42. The van der Waals surface area contributed by atoms with Gasteiger partial charge in [0.15, 0.2) is 0 Å². The molecule has 0 saturated carbocycles. The standard InChI is InChI=1S/C14H13N3O/c18-8-17-6-9-3-10(7-17)12-5-14-13(4-11(9)12)15-1-2-16-14/h1-2,4-5,8-10H,3,6-7H2/t9-,10+. The van der Waals surface area contributed by atoms with Gasteiger partial charge >= 0.3 is 0 Å². The first kappa shape index (κ1) is 10.00. The number of amides is 1. The highest BCUT2D eigenvalue weighted by molar-refractivity contribution is 5.77. The van der Waals surface area contributed by atoms with Gasteiger partial charge in [-0.05, 0) is 29.7 Å². The van der Waals surface area contributed by atoms with E-state index in [-0.39, 0.29) is 0 Å². The molecule has 1 aliphatic heterocycles. The monoisotopic (exact) mass is 239 g/mol. The van der Waals surface area contributed by atoms with E-state index in [9.17, 15) is 4.79 Å². The Hall–Kier alpha value is -1.97. The highest BCUT2D eigenvalue weighted by Gasteiger charge is 2.37. The highest BCUT2D eigenvalue weighted by Crippen LogP contribution is 2.46. The van der Waals surface area contributed by atoms with Gasteiger partial charge in [0.05, 0.1) is 11.0 Å². The van der Waals surface area contributed by atoms with Crippen LogP contribution in [-0.2, 0) is 4.79 Å². The summed E-state index contributed by atoms with van der Waals surface area (Å²) in [5.74, 6) is 0.964. The molecule has 1 amide bonds. The number of carbonyl (C=O) groups excluding carboxylic acids is 1. The van der Waals surface area contributed by atoms with Crippen molar-refractivity contribution < 1.29 is 4.79 Å². The summed E-state index contributed by atoms with van der Waals surface area (Å²) >= 11 is 0. The largest absolute Gasteiger partial charge is 0.344 e. The molecule has 2 aromatic rings. The molecule has 2 atom stereocenters. The lowest BCUT2D eigenvalue weighted by Gasteiger charge is -2.28. The van der Waals surface area contributed by atoms with Crippen LogP contribution in [0.4, 0.5) is 0 Å². The fourth-order valence-electron chi connectivity index (χ4n) is 3.42. The van der Waals surface area contributed by atoms with Crippen molar-refractivity contribution in [3.8, 4) is 0 Å². The first-order valence-electron chi connectivity index (χ1n) is 6.29. The van der Waals surface area contributed by atoms with E-state index in [2.05, 4.69) is 22.1 Å². The van der Waals surface area contributed by atoms with Gasteiger partial charge < -0.3 is 4.90 Å². The van der Waals surface area contributed by atoms with E-state index >= 15 is 0 Å². The molecule has 18 heavy (non-hydrogen) atoms. The molecule has 4 nitrogen and oxygen atoms in total. The Bertz CT molecular complexity index is 589. The molecular formula is C14H13N3O. The lowest BCUT2D eigenvalue weighted by atomic mass is 9.96. The van der Waals surface area contributed by atoms with E-state index in [0.717, 1.165) is 37.0 Å². The van der Waals surface area contributed by atoms with Crippen molar-refractivity contribution in [1.82, 2.24) is 14.9 Å². The van der Waals surface area contributed by atoms with Gasteiger partial charge in [0.2, 0.25) is 6.41 Å². The number of fused-ring (bicyclic) bond motifs is 6. The zero-order chi connectivity index (χ0) is 12.1. The Kier molecular flexibility index (Phi) is 1.95. The molecule has 4 rings (SSSR count). The van der Waals surface area contributed by atoms with Crippen LogP contribution in [0.25, 0.3) is 11.0 Å². The maximum Gasteiger partial charge on any atom is 0.209 e. The average Bonchev–Trinajstić information content (AvgIpc) is 2.68. The predicted molar refractivity (Wildman–Crippen MR) is 67.3 cm³/mol. The van der Waals surface area contributed by atoms with Gasteiger partial charge in [-0.25, -0.2) is 0 Å². The molecule has 4 heteroatoms. The summed E-state index contributed by atoms with van der Waals surface area (Å²) in [5.41, 5.74) is 4.66. The van der Waals surface area contributed by atoms with Crippen LogP contribution in [-0.4, -0.2) is 34.4 Å². The number of hydrogen-bond acceptors (Lipinski definition) is 3. The molecule has 2 aliphatic rings. The van der Waals surface area contributed by atoms with Gasteiger partial charge in [-0.15, -0.1) is 0 Å². The Balaban J connectivity index is 1.90. The van der Waals surface area contributed by atoms with E-state index in [1.54, 1.807) is 12.4 Å². The van der Waals surface area contributed by atoms with Crippen molar-refractivity contribution in [2.45, 2.75) is 18.3 Å². The molecule has 1 aromatic carbocycles. The van der Waals surface area contributed by atoms with Crippen LogP contribution in [0.1, 0.15) is 29.4 Å². The third-order valence-corrected chi connectivity index (χ3v) is 4.18. The molecule has 2 heterocycles. The second-order valence-electron chi connectivity index (χ2n) is 5.22. The summed E-state index contributed by atoms with van der Waals surface area (Å²) in [4.78, 5) is 21.6. The molecule has 0 radical (unpaired) electrons. The minimum Gasteiger partial charge on any atom is -0.344 e. The number of piperidine rings is 1. The van der Waals surface area contributed by atoms with Gasteiger partial charge in [0, 0.05) is 37.3 Å². The summed E-state index contributed by atoms with van der Waals surface area (Å²) in [6.45, 7) is 1.69. The minimum atomic E-state index is 0.482. The van der Waals surface area contributed by atoms with Crippen LogP contribution in [0.15, 0.2) is 24.5 Å². The van der Waals surface area contributed by atoms with Crippen LogP contribution in [0.3, 0.4) is 0 Å². The van der Waals surface area contributed by atoms with Crippen molar-refractivity contribution in [2.75, 3.05) is 13.1 Å². The Morgan fingerprint density at radius 2 is 1.61 bits per heavy atom. The third kappa shape index (κ3) is 1.29. The van der Waals surface area contributed by atoms with Crippen LogP contribution in [0, 0.1) is 0 Å². The number of likely N-dealkylation sites (tertiary alicyclic amines) is 1. The summed E-state index contributed by atoms with van der Waals surface area (Å²) in [6, 6.07) is 4.33. The molecule has 0 unspecified atom stereocenters. The number of benzene rings is 1. The predicted octanol–water partition coefficient (Wildman–Crippen LogP) is 1.67. The summed E-state index contributed by atoms with van der Waals surface area (Å²) in [5, 5.41) is 0. The summed E-state index contributed by atoms with van der Waals surface area (Å²) in [7, 11) is 0. The number of hydrogen-bond donors (Lipinski definition) is 0. The lowest BCUT2D eigenvalue weighted by Crippen LogP contribution is -2.33. The molecule has 0 spiro atoms. The van der Waals surface area contributed by atoms with Crippen LogP contribution in [0.2, 0.25) is 0 Å². The number of rotatable bonds is 1. The second-order valence-corrected chi connectivity index (χ2v) is 5.22.